The van der Waals surface area contributed by atoms with Crippen LogP contribution >= 0.6 is 0 Å². The predicted octanol–water partition coefficient (Wildman–Crippen LogP) is 10.8. The van der Waals surface area contributed by atoms with E-state index in [1.807, 2.05) is 0 Å². The maximum atomic E-state index is 3.50. The zero-order valence-corrected chi connectivity index (χ0v) is 22.5. The average Bonchev–Trinajstić information content (AvgIpc) is 2.91. The van der Waals surface area contributed by atoms with E-state index in [0.29, 0.717) is 0 Å². The molecule has 0 aliphatic carbocycles. The minimum atomic E-state index is 0.993. The molecule has 4 aromatic carbocycles. The minimum absolute atomic E-state index is 0.993. The van der Waals surface area contributed by atoms with Crippen LogP contribution in [0.3, 0.4) is 0 Å². The Morgan fingerprint density at radius 1 is 0.444 bits per heavy atom. The molecule has 0 amide bonds. The van der Waals surface area contributed by atoms with Crippen LogP contribution in [0.2, 0.25) is 0 Å². The van der Waals surface area contributed by atoms with E-state index in [-0.39, 0.29) is 0 Å². The normalized spacial score (nSPS) is 11.1. The van der Waals surface area contributed by atoms with Gasteiger partial charge in [-0.3, -0.25) is 0 Å². The lowest BCUT2D eigenvalue weighted by molar-refractivity contribution is 0.614. The zero-order valence-electron chi connectivity index (χ0n) is 22.5. The minimum Gasteiger partial charge on any atom is -0.0979 e. The Labute approximate surface area is 219 Å². The Balaban J connectivity index is 1.52. The molecule has 0 saturated heterocycles. The summed E-state index contributed by atoms with van der Waals surface area (Å²) < 4.78 is 0. The lowest BCUT2D eigenvalue weighted by Crippen LogP contribution is -1.89. The summed E-state index contributed by atoms with van der Waals surface area (Å²) in [5.41, 5.74) is 2.31. The molecule has 0 saturated carbocycles. The first-order valence-corrected chi connectivity index (χ1v) is 14.5. The van der Waals surface area contributed by atoms with Crippen LogP contribution in [-0.2, 0) is 0 Å². The van der Waals surface area contributed by atoms with Crippen LogP contribution in [0.1, 0.15) is 115 Å². The van der Waals surface area contributed by atoms with Crippen molar-refractivity contribution in [3.8, 4) is 23.7 Å². The summed E-state index contributed by atoms with van der Waals surface area (Å²) >= 11 is 0. The van der Waals surface area contributed by atoms with E-state index in [9.17, 15) is 0 Å². The molecule has 0 radical (unpaired) electrons. The van der Waals surface area contributed by atoms with Crippen molar-refractivity contribution < 1.29 is 0 Å². The lowest BCUT2D eigenvalue weighted by Gasteiger charge is -2.13. The van der Waals surface area contributed by atoms with Crippen LogP contribution in [0.5, 0.6) is 0 Å². The van der Waals surface area contributed by atoms with Crippen LogP contribution in [0.15, 0.2) is 48.5 Å². The second kappa shape index (κ2) is 14.0. The van der Waals surface area contributed by atoms with Gasteiger partial charge in [0.15, 0.2) is 0 Å². The van der Waals surface area contributed by atoms with Crippen LogP contribution in [-0.4, -0.2) is 0 Å². The summed E-state index contributed by atoms with van der Waals surface area (Å²) in [6.07, 6.45) is 17.8. The fraction of sp³-hybridized carbons (Fsp3) is 0.444. The van der Waals surface area contributed by atoms with Crippen molar-refractivity contribution in [2.75, 3.05) is 0 Å². The number of benzene rings is 4. The molecule has 0 heteroatoms. The van der Waals surface area contributed by atoms with E-state index in [4.69, 9.17) is 0 Å². The number of unbranched alkanes of at least 4 members (excludes halogenated alkanes) is 12. The first-order chi connectivity index (χ1) is 17.8. The van der Waals surface area contributed by atoms with E-state index in [1.165, 1.54) is 109 Å². The fourth-order valence-corrected chi connectivity index (χ4v) is 5.32. The maximum absolute atomic E-state index is 3.50. The Morgan fingerprint density at radius 2 is 0.833 bits per heavy atom. The van der Waals surface area contributed by atoms with Gasteiger partial charge in [0.25, 0.3) is 0 Å². The quantitative estimate of drug-likeness (QED) is 0.109. The van der Waals surface area contributed by atoms with E-state index in [2.05, 4.69) is 86.1 Å². The van der Waals surface area contributed by atoms with Crippen molar-refractivity contribution in [2.24, 2.45) is 0 Å². The fourth-order valence-electron chi connectivity index (χ4n) is 5.32. The number of hydrogen-bond acceptors (Lipinski definition) is 0. The topological polar surface area (TPSA) is 0 Å². The molecule has 0 nitrogen and oxygen atoms in total. The van der Waals surface area contributed by atoms with Gasteiger partial charge in [0, 0.05) is 24.0 Å². The van der Waals surface area contributed by atoms with Crippen molar-refractivity contribution >= 4 is 32.3 Å². The molecule has 0 N–H and O–H groups in total. The van der Waals surface area contributed by atoms with Crippen molar-refractivity contribution in [1.82, 2.24) is 0 Å². The SMILES string of the molecule is CCCCCCCCC#Cc1ccc2ccc3c(C#CCCCCCCCC)ccc4ccc1c2c43. The molecule has 4 aromatic rings. The molecule has 0 aliphatic heterocycles. The number of rotatable bonds is 12. The third kappa shape index (κ3) is 6.62. The zero-order chi connectivity index (χ0) is 25.0. The van der Waals surface area contributed by atoms with Gasteiger partial charge in [-0.1, -0.05) is 138 Å². The van der Waals surface area contributed by atoms with Crippen molar-refractivity contribution in [1.29, 1.82) is 0 Å². The van der Waals surface area contributed by atoms with E-state index in [1.54, 1.807) is 0 Å². The molecule has 0 atom stereocenters. The summed E-state index contributed by atoms with van der Waals surface area (Å²) in [5.74, 6) is 13.9. The molecule has 0 aliphatic rings. The highest BCUT2D eigenvalue weighted by atomic mass is 14.1. The molecule has 0 unspecified atom stereocenters. The first-order valence-electron chi connectivity index (χ1n) is 14.5. The predicted molar refractivity (Wildman–Crippen MR) is 160 cm³/mol. The largest absolute Gasteiger partial charge is 0.0979 e. The summed E-state index contributed by atoms with van der Waals surface area (Å²) in [4.78, 5) is 0. The van der Waals surface area contributed by atoms with Gasteiger partial charge in [-0.05, 0) is 57.3 Å². The monoisotopic (exact) mass is 474 g/mol. The van der Waals surface area contributed by atoms with Gasteiger partial charge in [-0.2, -0.15) is 0 Å². The van der Waals surface area contributed by atoms with E-state index < -0.39 is 0 Å². The maximum Gasteiger partial charge on any atom is 0.0324 e. The average molecular weight is 475 g/mol. The second-order valence-corrected chi connectivity index (χ2v) is 10.3. The van der Waals surface area contributed by atoms with Gasteiger partial charge in [0.2, 0.25) is 0 Å². The number of hydrogen-bond donors (Lipinski definition) is 0. The highest BCUT2D eigenvalue weighted by Crippen LogP contribution is 2.37. The molecule has 186 valence electrons. The van der Waals surface area contributed by atoms with Gasteiger partial charge in [0.1, 0.15) is 0 Å². The van der Waals surface area contributed by atoms with E-state index >= 15 is 0 Å². The summed E-state index contributed by atoms with van der Waals surface area (Å²) in [6.45, 7) is 4.54. The van der Waals surface area contributed by atoms with Crippen LogP contribution < -0.4 is 0 Å². The molecule has 0 heterocycles. The smallest absolute Gasteiger partial charge is 0.0324 e. The van der Waals surface area contributed by atoms with Crippen molar-refractivity contribution in [2.45, 2.75) is 104 Å². The van der Waals surface area contributed by atoms with Crippen LogP contribution in [0, 0.1) is 23.7 Å². The van der Waals surface area contributed by atoms with Gasteiger partial charge in [0.05, 0.1) is 0 Å². The van der Waals surface area contributed by atoms with Crippen LogP contribution in [0.4, 0.5) is 0 Å². The molecule has 0 spiro atoms. The van der Waals surface area contributed by atoms with Gasteiger partial charge in [-0.25, -0.2) is 0 Å². The van der Waals surface area contributed by atoms with Gasteiger partial charge >= 0.3 is 0 Å². The third-order valence-electron chi connectivity index (χ3n) is 7.42. The van der Waals surface area contributed by atoms with Gasteiger partial charge < -0.3 is 0 Å². The van der Waals surface area contributed by atoms with Gasteiger partial charge in [-0.15, -0.1) is 0 Å². The van der Waals surface area contributed by atoms with E-state index in [0.717, 1.165) is 24.0 Å². The Morgan fingerprint density at radius 3 is 1.28 bits per heavy atom. The highest BCUT2D eigenvalue weighted by Gasteiger charge is 2.12. The van der Waals surface area contributed by atoms with Crippen LogP contribution in [0.25, 0.3) is 32.3 Å². The summed E-state index contributed by atoms with van der Waals surface area (Å²) in [6, 6.07) is 18.0. The molecule has 0 bridgehead atoms. The Hall–Kier alpha value is -2.96. The highest BCUT2D eigenvalue weighted by molar-refractivity contribution is 6.24. The Bertz CT molecular complexity index is 1260. The molecular formula is C36H42. The molecular weight excluding hydrogens is 432 g/mol. The summed E-state index contributed by atoms with van der Waals surface area (Å²) in [7, 11) is 0. The molecule has 4 rings (SSSR count). The molecule has 0 fully saturated rings. The Kier molecular flexibility index (Phi) is 10.1. The van der Waals surface area contributed by atoms with Crippen molar-refractivity contribution in [3.05, 3.63) is 59.7 Å². The standard InChI is InChI=1S/C36H42/c1-3-5-7-9-11-13-15-17-19-29-21-23-31-26-28-34-30(20-18-16-14-12-10-8-6-4-2)22-24-32-25-27-33(29)35(31)36(32)34/h21-28H,3-16H2,1-2H3. The first kappa shape index (κ1) is 26.1. The second-order valence-electron chi connectivity index (χ2n) is 10.3. The van der Waals surface area contributed by atoms with Crippen molar-refractivity contribution in [3.63, 3.8) is 0 Å². The molecule has 36 heavy (non-hydrogen) atoms. The molecule has 0 aromatic heterocycles. The third-order valence-corrected chi connectivity index (χ3v) is 7.42. The summed E-state index contributed by atoms with van der Waals surface area (Å²) in [5, 5.41) is 7.83. The lowest BCUT2D eigenvalue weighted by atomic mass is 9.90.